The number of aromatic nitrogens is 3. The van der Waals surface area contributed by atoms with Crippen molar-refractivity contribution in [3.63, 3.8) is 0 Å². The van der Waals surface area contributed by atoms with E-state index in [1.807, 2.05) is 0 Å². The minimum atomic E-state index is -4.72. The molecule has 0 radical (unpaired) electrons. The molecule has 2 fully saturated rings. The van der Waals surface area contributed by atoms with E-state index >= 15 is 0 Å². The Morgan fingerprint density at radius 1 is 1.23 bits per heavy atom. The minimum Gasteiger partial charge on any atom is -0.496 e. The summed E-state index contributed by atoms with van der Waals surface area (Å²) in [5.41, 5.74) is -0.361. The summed E-state index contributed by atoms with van der Waals surface area (Å²) in [6, 6.07) is 5.86. The molecule has 8 nitrogen and oxygen atoms in total. The van der Waals surface area contributed by atoms with Gasteiger partial charge in [0.2, 0.25) is 0 Å². The van der Waals surface area contributed by atoms with Crippen LogP contribution in [0.15, 0.2) is 30.5 Å². The Bertz CT molecular complexity index is 1270. The van der Waals surface area contributed by atoms with E-state index < -0.39 is 18.0 Å². The van der Waals surface area contributed by atoms with Crippen LogP contribution in [0.5, 0.6) is 5.75 Å². The number of fused-ring (bicyclic) bond motifs is 2. The van der Waals surface area contributed by atoms with Crippen LogP contribution in [0.3, 0.4) is 0 Å². The maximum absolute atomic E-state index is 14.0. The van der Waals surface area contributed by atoms with Crippen molar-refractivity contribution in [2.24, 2.45) is 0 Å². The number of ether oxygens (including phenoxy) is 1. The first-order valence-corrected chi connectivity index (χ1v) is 11.5. The van der Waals surface area contributed by atoms with Crippen molar-refractivity contribution in [1.82, 2.24) is 24.4 Å². The molecule has 2 saturated heterocycles. The van der Waals surface area contributed by atoms with Crippen molar-refractivity contribution in [1.29, 1.82) is 0 Å². The SMILES string of the molecule is COc1ccc(-c2cc(C(F)(F)F)n3ncc(C(=O)N4CCN5CCCC5C4)c3n2)cc1C(C)O. The molecule has 2 atom stereocenters. The summed E-state index contributed by atoms with van der Waals surface area (Å²) >= 11 is 0. The average molecular weight is 489 g/mol. The van der Waals surface area contributed by atoms with Crippen molar-refractivity contribution in [2.45, 2.75) is 38.1 Å². The Balaban J connectivity index is 1.60. The lowest BCUT2D eigenvalue weighted by Crippen LogP contribution is -2.52. The summed E-state index contributed by atoms with van der Waals surface area (Å²) in [7, 11) is 1.45. The van der Waals surface area contributed by atoms with Crippen molar-refractivity contribution < 1.29 is 27.8 Å². The normalized spacial score (nSPS) is 19.7. The van der Waals surface area contributed by atoms with E-state index in [2.05, 4.69) is 15.0 Å². The third kappa shape index (κ3) is 4.23. The van der Waals surface area contributed by atoms with E-state index in [4.69, 9.17) is 4.74 Å². The average Bonchev–Trinajstić information content (AvgIpc) is 3.48. The first kappa shape index (κ1) is 23.6. The molecule has 1 amide bonds. The Morgan fingerprint density at radius 3 is 2.74 bits per heavy atom. The smallest absolute Gasteiger partial charge is 0.433 e. The highest BCUT2D eigenvalue weighted by atomic mass is 19.4. The second-order valence-corrected chi connectivity index (χ2v) is 9.03. The number of rotatable bonds is 4. The molecule has 0 saturated carbocycles. The Hall–Kier alpha value is -3.18. The Kier molecular flexibility index (Phi) is 5.92. The standard InChI is InChI=1S/C24H26F3N5O3/c1-14(33)17-10-15(5-6-20(17)35-2)19-11-21(24(25,26)27)32-22(29-19)18(12-28-32)23(34)31-9-8-30-7-3-4-16(30)13-31/h5-6,10-12,14,16,33H,3-4,7-9,13H2,1-2H3. The summed E-state index contributed by atoms with van der Waals surface area (Å²) in [6.07, 6.45) is -2.38. The fraction of sp³-hybridized carbons (Fsp3) is 0.458. The van der Waals surface area contributed by atoms with E-state index in [1.54, 1.807) is 23.1 Å². The number of halogens is 3. The lowest BCUT2D eigenvalue weighted by molar-refractivity contribution is -0.142. The van der Waals surface area contributed by atoms with Gasteiger partial charge in [0, 0.05) is 36.8 Å². The number of carbonyl (C=O) groups is 1. The van der Waals surface area contributed by atoms with E-state index in [0.717, 1.165) is 32.0 Å². The van der Waals surface area contributed by atoms with Crippen LogP contribution in [0.4, 0.5) is 13.2 Å². The second kappa shape index (κ2) is 8.80. The number of alkyl halides is 3. The molecule has 2 aromatic heterocycles. The van der Waals surface area contributed by atoms with Gasteiger partial charge in [0.1, 0.15) is 11.3 Å². The topological polar surface area (TPSA) is 83.2 Å². The van der Waals surface area contributed by atoms with Gasteiger partial charge in [-0.25, -0.2) is 9.50 Å². The third-order valence-corrected chi connectivity index (χ3v) is 6.84. The van der Waals surface area contributed by atoms with E-state index in [0.29, 0.717) is 34.5 Å². The molecule has 3 aromatic rings. The van der Waals surface area contributed by atoms with Crippen LogP contribution >= 0.6 is 0 Å². The monoisotopic (exact) mass is 489 g/mol. The molecule has 1 N–H and O–H groups in total. The third-order valence-electron chi connectivity index (χ3n) is 6.84. The summed E-state index contributed by atoms with van der Waals surface area (Å²) in [5.74, 6) is 0.0378. The number of methoxy groups -OCH3 is 1. The molecular formula is C24H26F3N5O3. The lowest BCUT2D eigenvalue weighted by atomic mass is 10.0. The van der Waals surface area contributed by atoms with Gasteiger partial charge in [0.15, 0.2) is 11.3 Å². The van der Waals surface area contributed by atoms with Gasteiger partial charge in [-0.05, 0) is 50.6 Å². The summed E-state index contributed by atoms with van der Waals surface area (Å²) < 4.78 is 47.9. The van der Waals surface area contributed by atoms with E-state index in [9.17, 15) is 23.1 Å². The first-order chi connectivity index (χ1) is 16.7. The lowest BCUT2D eigenvalue weighted by Gasteiger charge is -2.37. The van der Waals surface area contributed by atoms with Crippen molar-refractivity contribution in [3.05, 3.63) is 47.3 Å². The Labute approximate surface area is 199 Å². The molecule has 0 aliphatic carbocycles. The predicted molar refractivity (Wildman–Crippen MR) is 121 cm³/mol. The predicted octanol–water partition coefficient (Wildman–Crippen LogP) is 3.40. The van der Waals surface area contributed by atoms with Gasteiger partial charge in [-0.3, -0.25) is 9.69 Å². The number of benzene rings is 1. The molecule has 35 heavy (non-hydrogen) atoms. The van der Waals surface area contributed by atoms with Gasteiger partial charge in [0.05, 0.1) is 25.1 Å². The van der Waals surface area contributed by atoms with E-state index in [-0.39, 0.29) is 28.9 Å². The molecule has 2 aliphatic rings. The summed E-state index contributed by atoms with van der Waals surface area (Å²) in [5, 5.41) is 14.0. The number of hydrogen-bond acceptors (Lipinski definition) is 6. The van der Waals surface area contributed by atoms with E-state index in [1.165, 1.54) is 20.2 Å². The van der Waals surface area contributed by atoms with Crippen molar-refractivity contribution in [2.75, 3.05) is 33.3 Å². The molecule has 11 heteroatoms. The van der Waals surface area contributed by atoms with Crippen LogP contribution in [0.25, 0.3) is 16.9 Å². The van der Waals surface area contributed by atoms with Crippen LogP contribution in [0.1, 0.15) is 47.5 Å². The molecule has 186 valence electrons. The maximum Gasteiger partial charge on any atom is 0.433 e. The minimum absolute atomic E-state index is 0.0181. The van der Waals surface area contributed by atoms with Crippen LogP contribution < -0.4 is 4.74 Å². The molecule has 2 unspecified atom stereocenters. The fourth-order valence-electron chi connectivity index (χ4n) is 5.03. The van der Waals surface area contributed by atoms with Crippen LogP contribution in [-0.4, -0.2) is 74.7 Å². The number of amides is 1. The molecular weight excluding hydrogens is 463 g/mol. The van der Waals surface area contributed by atoms with Gasteiger partial charge in [-0.1, -0.05) is 0 Å². The van der Waals surface area contributed by atoms with Crippen LogP contribution in [-0.2, 0) is 6.18 Å². The molecule has 1 aromatic carbocycles. The number of piperazine rings is 1. The van der Waals surface area contributed by atoms with Gasteiger partial charge < -0.3 is 14.7 Å². The van der Waals surface area contributed by atoms with Crippen LogP contribution in [0.2, 0.25) is 0 Å². The maximum atomic E-state index is 14.0. The highest BCUT2D eigenvalue weighted by Gasteiger charge is 2.38. The zero-order valence-corrected chi connectivity index (χ0v) is 19.4. The summed E-state index contributed by atoms with van der Waals surface area (Å²) in [6.45, 7) is 4.35. The number of nitrogens with zero attached hydrogens (tertiary/aromatic N) is 5. The molecule has 2 aliphatic heterocycles. The first-order valence-electron chi connectivity index (χ1n) is 11.5. The quantitative estimate of drug-likeness (QED) is 0.605. The number of aliphatic hydroxyl groups excluding tert-OH is 1. The van der Waals surface area contributed by atoms with Crippen molar-refractivity contribution in [3.8, 4) is 17.0 Å². The number of aliphatic hydroxyl groups is 1. The number of carbonyl (C=O) groups excluding carboxylic acids is 1. The Morgan fingerprint density at radius 2 is 2.03 bits per heavy atom. The van der Waals surface area contributed by atoms with Crippen molar-refractivity contribution >= 4 is 11.6 Å². The molecule has 0 spiro atoms. The van der Waals surface area contributed by atoms with Gasteiger partial charge in [0.25, 0.3) is 5.91 Å². The number of hydrogen-bond donors (Lipinski definition) is 1. The zero-order valence-electron chi connectivity index (χ0n) is 19.4. The summed E-state index contributed by atoms with van der Waals surface area (Å²) in [4.78, 5) is 21.9. The fourth-order valence-corrected chi connectivity index (χ4v) is 5.03. The van der Waals surface area contributed by atoms with Gasteiger partial charge in [-0.2, -0.15) is 18.3 Å². The van der Waals surface area contributed by atoms with Crippen LogP contribution in [0, 0.1) is 0 Å². The molecule has 0 bridgehead atoms. The van der Waals surface area contributed by atoms with Gasteiger partial charge >= 0.3 is 6.18 Å². The highest BCUT2D eigenvalue weighted by Crippen LogP contribution is 2.35. The van der Waals surface area contributed by atoms with Gasteiger partial charge in [-0.15, -0.1) is 0 Å². The highest BCUT2D eigenvalue weighted by molar-refractivity contribution is 6.00. The molecule has 4 heterocycles. The molecule has 5 rings (SSSR count). The zero-order chi connectivity index (χ0) is 24.9. The largest absolute Gasteiger partial charge is 0.496 e. The second-order valence-electron chi connectivity index (χ2n) is 9.03.